The second kappa shape index (κ2) is 10.1. The van der Waals surface area contributed by atoms with Crippen LogP contribution in [-0.2, 0) is 0 Å². The monoisotopic (exact) mass is 228 g/mol. The Labute approximate surface area is 103 Å². The van der Waals surface area contributed by atoms with Gasteiger partial charge in [0.2, 0.25) is 0 Å². The number of hydrogen-bond donors (Lipinski definition) is 1. The van der Waals surface area contributed by atoms with Crippen molar-refractivity contribution in [3.63, 3.8) is 0 Å². The molecule has 0 aromatic rings. The molecule has 0 amide bonds. The van der Waals surface area contributed by atoms with Crippen LogP contribution in [-0.4, -0.2) is 36.6 Å². The van der Waals surface area contributed by atoms with Crippen molar-refractivity contribution in [1.82, 2.24) is 10.2 Å². The van der Waals surface area contributed by atoms with E-state index in [1.807, 2.05) is 0 Å². The highest BCUT2D eigenvalue weighted by Crippen LogP contribution is 2.12. The molecule has 0 saturated heterocycles. The second-order valence-electron chi connectivity index (χ2n) is 4.73. The van der Waals surface area contributed by atoms with Crippen molar-refractivity contribution in [1.29, 1.82) is 0 Å². The van der Waals surface area contributed by atoms with E-state index in [2.05, 4.69) is 44.8 Å². The van der Waals surface area contributed by atoms with Crippen molar-refractivity contribution in [2.75, 3.05) is 19.6 Å². The first kappa shape index (κ1) is 15.9. The highest BCUT2D eigenvalue weighted by atomic mass is 15.2. The number of likely N-dealkylation sites (N-methyl/N-ethyl adjacent to an activating group) is 1. The molecular weight excluding hydrogens is 196 g/mol. The van der Waals surface area contributed by atoms with Crippen LogP contribution in [0.1, 0.15) is 60.3 Å². The number of nitrogens with one attached hydrogen (secondary N) is 1. The fourth-order valence-electron chi connectivity index (χ4n) is 2.33. The van der Waals surface area contributed by atoms with Gasteiger partial charge in [0, 0.05) is 18.6 Å². The zero-order valence-electron chi connectivity index (χ0n) is 12.1. The molecule has 0 saturated carbocycles. The molecule has 0 aliphatic rings. The number of rotatable bonds is 10. The number of nitrogens with zero attached hydrogens (tertiary/aromatic N) is 1. The zero-order chi connectivity index (χ0) is 12.4. The molecule has 0 fully saturated rings. The molecule has 0 spiro atoms. The molecule has 1 N–H and O–H groups in total. The molecule has 0 rings (SSSR count). The van der Waals surface area contributed by atoms with Gasteiger partial charge in [-0.15, -0.1) is 0 Å². The Kier molecular flexibility index (Phi) is 10.0. The summed E-state index contributed by atoms with van der Waals surface area (Å²) in [5.74, 6) is 0. The SMILES string of the molecule is CCCNCC(CCC)N(CC)C(C)CC. The maximum Gasteiger partial charge on any atom is 0.0223 e. The lowest BCUT2D eigenvalue weighted by Gasteiger charge is -2.35. The predicted molar refractivity (Wildman–Crippen MR) is 74.0 cm³/mol. The average Bonchev–Trinajstić information content (AvgIpc) is 2.30. The highest BCUT2D eigenvalue weighted by molar-refractivity contribution is 4.77. The van der Waals surface area contributed by atoms with E-state index in [0.717, 1.165) is 19.1 Å². The summed E-state index contributed by atoms with van der Waals surface area (Å²) < 4.78 is 0. The maximum atomic E-state index is 3.57. The van der Waals surface area contributed by atoms with Gasteiger partial charge in [0.1, 0.15) is 0 Å². The van der Waals surface area contributed by atoms with Gasteiger partial charge in [-0.1, -0.05) is 34.1 Å². The van der Waals surface area contributed by atoms with Crippen LogP contribution >= 0.6 is 0 Å². The zero-order valence-corrected chi connectivity index (χ0v) is 12.1. The molecule has 16 heavy (non-hydrogen) atoms. The van der Waals surface area contributed by atoms with Crippen molar-refractivity contribution >= 4 is 0 Å². The van der Waals surface area contributed by atoms with E-state index in [4.69, 9.17) is 0 Å². The molecule has 2 nitrogen and oxygen atoms in total. The summed E-state index contributed by atoms with van der Waals surface area (Å²) in [6, 6.07) is 1.43. The fraction of sp³-hybridized carbons (Fsp3) is 1.00. The Balaban J connectivity index is 4.22. The summed E-state index contributed by atoms with van der Waals surface area (Å²) in [5.41, 5.74) is 0. The molecule has 98 valence electrons. The molecule has 2 unspecified atom stereocenters. The first-order valence-electron chi connectivity index (χ1n) is 7.17. The lowest BCUT2D eigenvalue weighted by atomic mass is 10.1. The Morgan fingerprint density at radius 1 is 1.06 bits per heavy atom. The third-order valence-corrected chi connectivity index (χ3v) is 3.42. The Hall–Kier alpha value is -0.0800. The standard InChI is InChI=1S/C14H32N2/c1-6-10-14(12-15-11-7-2)16(9-4)13(5)8-3/h13-15H,6-12H2,1-5H3. The lowest BCUT2D eigenvalue weighted by Crippen LogP contribution is -2.46. The van der Waals surface area contributed by atoms with Gasteiger partial charge in [-0.2, -0.15) is 0 Å². The van der Waals surface area contributed by atoms with Crippen molar-refractivity contribution in [3.05, 3.63) is 0 Å². The van der Waals surface area contributed by atoms with E-state index in [-0.39, 0.29) is 0 Å². The van der Waals surface area contributed by atoms with Gasteiger partial charge in [0.05, 0.1) is 0 Å². The van der Waals surface area contributed by atoms with E-state index in [0.29, 0.717) is 6.04 Å². The molecule has 0 radical (unpaired) electrons. The second-order valence-corrected chi connectivity index (χ2v) is 4.73. The summed E-state index contributed by atoms with van der Waals surface area (Å²) in [5, 5.41) is 3.57. The van der Waals surface area contributed by atoms with E-state index in [1.165, 1.54) is 32.2 Å². The average molecular weight is 228 g/mol. The van der Waals surface area contributed by atoms with Gasteiger partial charge in [0.15, 0.2) is 0 Å². The number of hydrogen-bond acceptors (Lipinski definition) is 2. The van der Waals surface area contributed by atoms with E-state index in [1.54, 1.807) is 0 Å². The Morgan fingerprint density at radius 3 is 2.19 bits per heavy atom. The van der Waals surface area contributed by atoms with Crippen LogP contribution < -0.4 is 5.32 Å². The summed E-state index contributed by atoms with van der Waals surface area (Å²) >= 11 is 0. The summed E-state index contributed by atoms with van der Waals surface area (Å²) in [6.45, 7) is 14.9. The fourth-order valence-corrected chi connectivity index (χ4v) is 2.33. The first-order valence-corrected chi connectivity index (χ1v) is 7.17. The van der Waals surface area contributed by atoms with Crippen LogP contribution in [0.4, 0.5) is 0 Å². The molecule has 2 atom stereocenters. The molecule has 0 aromatic carbocycles. The van der Waals surface area contributed by atoms with E-state index in [9.17, 15) is 0 Å². The predicted octanol–water partition coefficient (Wildman–Crippen LogP) is 3.28. The molecule has 0 aromatic heterocycles. The molecule has 2 heteroatoms. The van der Waals surface area contributed by atoms with Gasteiger partial charge < -0.3 is 5.32 Å². The van der Waals surface area contributed by atoms with Crippen LogP contribution in [0.5, 0.6) is 0 Å². The van der Waals surface area contributed by atoms with Crippen molar-refractivity contribution in [3.8, 4) is 0 Å². The van der Waals surface area contributed by atoms with Crippen LogP contribution in [0.15, 0.2) is 0 Å². The van der Waals surface area contributed by atoms with Gasteiger partial charge in [-0.25, -0.2) is 0 Å². The highest BCUT2D eigenvalue weighted by Gasteiger charge is 2.19. The van der Waals surface area contributed by atoms with Gasteiger partial charge in [0.25, 0.3) is 0 Å². The summed E-state index contributed by atoms with van der Waals surface area (Å²) in [7, 11) is 0. The normalized spacial score (nSPS) is 15.4. The van der Waals surface area contributed by atoms with Crippen molar-refractivity contribution in [2.45, 2.75) is 72.4 Å². The third kappa shape index (κ3) is 5.86. The first-order chi connectivity index (χ1) is 7.71. The summed E-state index contributed by atoms with van der Waals surface area (Å²) in [6.07, 6.45) is 5.08. The summed E-state index contributed by atoms with van der Waals surface area (Å²) in [4.78, 5) is 2.66. The minimum Gasteiger partial charge on any atom is -0.315 e. The quantitative estimate of drug-likeness (QED) is 0.577. The van der Waals surface area contributed by atoms with E-state index >= 15 is 0 Å². The maximum absolute atomic E-state index is 3.57. The van der Waals surface area contributed by atoms with Crippen LogP contribution in [0.2, 0.25) is 0 Å². The minimum absolute atomic E-state index is 0.713. The smallest absolute Gasteiger partial charge is 0.0223 e. The van der Waals surface area contributed by atoms with Crippen molar-refractivity contribution < 1.29 is 0 Å². The Morgan fingerprint density at radius 2 is 1.75 bits per heavy atom. The van der Waals surface area contributed by atoms with Gasteiger partial charge in [-0.3, -0.25) is 4.90 Å². The van der Waals surface area contributed by atoms with Crippen LogP contribution in [0.3, 0.4) is 0 Å². The Bertz CT molecular complexity index is 148. The topological polar surface area (TPSA) is 15.3 Å². The van der Waals surface area contributed by atoms with Gasteiger partial charge >= 0.3 is 0 Å². The largest absolute Gasteiger partial charge is 0.315 e. The van der Waals surface area contributed by atoms with Crippen LogP contribution in [0.25, 0.3) is 0 Å². The van der Waals surface area contributed by atoms with Crippen LogP contribution in [0, 0.1) is 0 Å². The lowest BCUT2D eigenvalue weighted by molar-refractivity contribution is 0.137. The molecule has 0 bridgehead atoms. The van der Waals surface area contributed by atoms with E-state index < -0.39 is 0 Å². The molecular formula is C14H32N2. The molecule has 0 heterocycles. The van der Waals surface area contributed by atoms with Gasteiger partial charge in [-0.05, 0) is 39.3 Å². The van der Waals surface area contributed by atoms with Crippen molar-refractivity contribution in [2.24, 2.45) is 0 Å². The third-order valence-electron chi connectivity index (χ3n) is 3.42. The minimum atomic E-state index is 0.713. The molecule has 0 aliphatic carbocycles. The molecule has 0 aliphatic heterocycles.